The Morgan fingerprint density at radius 2 is 2.07 bits per heavy atom. The van der Waals surface area contributed by atoms with Crippen molar-refractivity contribution in [3.63, 3.8) is 0 Å². The molecule has 4 heteroatoms. The van der Waals surface area contributed by atoms with Gasteiger partial charge in [0.05, 0.1) is 6.54 Å². The van der Waals surface area contributed by atoms with Crippen molar-refractivity contribution in [2.75, 3.05) is 18.0 Å². The molecule has 1 aromatic carbocycles. The number of nitrogens with zero attached hydrogens (tertiary/aromatic N) is 1. The molecule has 1 heterocycles. The number of halogens is 3. The van der Waals surface area contributed by atoms with Crippen LogP contribution in [-0.2, 0) is 0 Å². The van der Waals surface area contributed by atoms with Crippen LogP contribution in [0.2, 0.25) is 0 Å². The molecule has 0 radical (unpaired) electrons. The average molecular weight is 215 g/mol. The topological polar surface area (TPSA) is 3.24 Å². The molecule has 0 amide bonds. The molecule has 0 N–H and O–H groups in total. The van der Waals surface area contributed by atoms with Crippen molar-refractivity contribution < 1.29 is 13.2 Å². The fourth-order valence-electron chi connectivity index (χ4n) is 1.86. The number of hydrogen-bond acceptors (Lipinski definition) is 1. The van der Waals surface area contributed by atoms with E-state index >= 15 is 0 Å². The molecule has 0 saturated carbocycles. The van der Waals surface area contributed by atoms with Crippen LogP contribution in [0.25, 0.3) is 0 Å². The highest BCUT2D eigenvalue weighted by Crippen LogP contribution is 2.29. The van der Waals surface area contributed by atoms with Gasteiger partial charge in [-0.05, 0) is 24.6 Å². The van der Waals surface area contributed by atoms with E-state index in [1.54, 1.807) is 6.07 Å². The lowest BCUT2D eigenvalue weighted by molar-refractivity contribution is -0.0116. The highest BCUT2D eigenvalue weighted by Gasteiger charge is 2.35. The molecular weight excluding hydrogens is 203 g/mol. The van der Waals surface area contributed by atoms with Crippen molar-refractivity contribution >= 4 is 5.69 Å². The third-order valence-electron chi connectivity index (χ3n) is 2.57. The van der Waals surface area contributed by atoms with Gasteiger partial charge >= 0.3 is 0 Å². The van der Waals surface area contributed by atoms with Gasteiger partial charge in [-0.25, -0.2) is 13.2 Å². The minimum absolute atomic E-state index is 0.0706. The van der Waals surface area contributed by atoms with Crippen LogP contribution in [0.1, 0.15) is 12.8 Å². The van der Waals surface area contributed by atoms with E-state index in [0.29, 0.717) is 18.7 Å². The van der Waals surface area contributed by atoms with Crippen molar-refractivity contribution in [3.05, 3.63) is 30.1 Å². The highest BCUT2D eigenvalue weighted by molar-refractivity contribution is 5.47. The molecule has 0 unspecified atom stereocenters. The monoisotopic (exact) mass is 215 g/mol. The summed E-state index contributed by atoms with van der Waals surface area (Å²) >= 11 is 0. The molecule has 15 heavy (non-hydrogen) atoms. The van der Waals surface area contributed by atoms with Crippen LogP contribution in [0.15, 0.2) is 24.3 Å². The first kappa shape index (κ1) is 10.3. The quantitative estimate of drug-likeness (QED) is 0.696. The lowest BCUT2D eigenvalue weighted by atomic mass is 10.1. The Morgan fingerprint density at radius 1 is 1.27 bits per heavy atom. The van der Waals surface area contributed by atoms with Gasteiger partial charge in [-0.1, -0.05) is 6.07 Å². The molecule has 0 atom stereocenters. The van der Waals surface area contributed by atoms with E-state index in [0.717, 1.165) is 0 Å². The SMILES string of the molecule is Fc1cccc(N2CCCC(F)(F)C2)c1. The summed E-state index contributed by atoms with van der Waals surface area (Å²) in [5, 5.41) is 0. The van der Waals surface area contributed by atoms with Crippen LogP contribution in [0.5, 0.6) is 0 Å². The smallest absolute Gasteiger partial charge is 0.265 e. The Labute approximate surface area is 86.5 Å². The summed E-state index contributed by atoms with van der Waals surface area (Å²) in [7, 11) is 0. The molecule has 0 bridgehead atoms. The highest BCUT2D eigenvalue weighted by atomic mass is 19.3. The maximum Gasteiger partial charge on any atom is 0.265 e. The van der Waals surface area contributed by atoms with Crippen LogP contribution < -0.4 is 4.90 Å². The molecule has 1 aliphatic rings. The first-order chi connectivity index (χ1) is 7.07. The molecule has 1 saturated heterocycles. The second-order valence-electron chi connectivity index (χ2n) is 3.86. The number of benzene rings is 1. The van der Waals surface area contributed by atoms with Gasteiger partial charge in [0.1, 0.15) is 5.82 Å². The predicted octanol–water partition coefficient (Wildman–Crippen LogP) is 3.06. The molecule has 1 fully saturated rings. The zero-order chi connectivity index (χ0) is 10.9. The number of piperidine rings is 1. The fourth-order valence-corrected chi connectivity index (χ4v) is 1.86. The Morgan fingerprint density at radius 3 is 2.73 bits per heavy atom. The third kappa shape index (κ3) is 2.43. The first-order valence-corrected chi connectivity index (χ1v) is 4.95. The van der Waals surface area contributed by atoms with Gasteiger partial charge in [-0.15, -0.1) is 0 Å². The molecule has 2 rings (SSSR count). The van der Waals surface area contributed by atoms with E-state index in [2.05, 4.69) is 0 Å². The van der Waals surface area contributed by atoms with E-state index in [-0.39, 0.29) is 18.8 Å². The maximum atomic E-state index is 13.1. The Bertz CT molecular complexity index is 351. The Hall–Kier alpha value is -1.19. The van der Waals surface area contributed by atoms with Crippen molar-refractivity contribution in [1.29, 1.82) is 0 Å². The van der Waals surface area contributed by atoms with Gasteiger partial charge in [0.15, 0.2) is 0 Å². The average Bonchev–Trinajstić information content (AvgIpc) is 2.16. The molecule has 82 valence electrons. The minimum Gasteiger partial charge on any atom is -0.365 e. The fraction of sp³-hybridized carbons (Fsp3) is 0.455. The molecule has 0 aliphatic carbocycles. The lowest BCUT2D eigenvalue weighted by Crippen LogP contribution is -2.42. The number of alkyl halides is 2. The summed E-state index contributed by atoms with van der Waals surface area (Å²) in [6, 6.07) is 5.80. The van der Waals surface area contributed by atoms with Gasteiger partial charge in [0, 0.05) is 18.7 Å². The third-order valence-corrected chi connectivity index (χ3v) is 2.57. The summed E-state index contributed by atoms with van der Waals surface area (Å²) in [6.07, 6.45) is 0.377. The van der Waals surface area contributed by atoms with Crippen molar-refractivity contribution in [1.82, 2.24) is 0 Å². The van der Waals surface area contributed by atoms with Gasteiger partial charge in [-0.2, -0.15) is 0 Å². The maximum absolute atomic E-state index is 13.1. The van der Waals surface area contributed by atoms with Crippen molar-refractivity contribution in [2.24, 2.45) is 0 Å². The second-order valence-corrected chi connectivity index (χ2v) is 3.86. The zero-order valence-electron chi connectivity index (χ0n) is 8.22. The zero-order valence-corrected chi connectivity index (χ0v) is 8.22. The normalized spacial score (nSPS) is 20.3. The number of anilines is 1. The molecular formula is C11H12F3N. The largest absolute Gasteiger partial charge is 0.365 e. The summed E-state index contributed by atoms with van der Waals surface area (Å²) < 4.78 is 39.1. The van der Waals surface area contributed by atoms with Crippen LogP contribution in [0.4, 0.5) is 18.9 Å². The minimum atomic E-state index is -2.65. The van der Waals surface area contributed by atoms with E-state index in [1.807, 2.05) is 0 Å². The Kier molecular flexibility index (Phi) is 2.59. The molecule has 0 aromatic heterocycles. The van der Waals surface area contributed by atoms with Crippen LogP contribution >= 0.6 is 0 Å². The second kappa shape index (κ2) is 3.76. The van der Waals surface area contributed by atoms with Crippen molar-refractivity contribution in [2.45, 2.75) is 18.8 Å². The van der Waals surface area contributed by atoms with Gasteiger partial charge in [-0.3, -0.25) is 0 Å². The van der Waals surface area contributed by atoms with E-state index in [9.17, 15) is 13.2 Å². The van der Waals surface area contributed by atoms with Gasteiger partial charge in [0.2, 0.25) is 0 Å². The van der Waals surface area contributed by atoms with Gasteiger partial charge < -0.3 is 4.90 Å². The standard InChI is InChI=1S/C11H12F3N/c12-9-3-1-4-10(7-9)15-6-2-5-11(13,14)8-15/h1,3-4,7H,2,5-6,8H2. The summed E-state index contributed by atoms with van der Waals surface area (Å²) in [6.45, 7) is 0.259. The van der Waals surface area contributed by atoms with Gasteiger partial charge in [0.25, 0.3) is 5.92 Å². The summed E-state index contributed by atoms with van der Waals surface area (Å²) in [5.74, 6) is -3.04. The first-order valence-electron chi connectivity index (χ1n) is 4.95. The Balaban J connectivity index is 2.17. The molecule has 1 nitrogen and oxygen atoms in total. The van der Waals surface area contributed by atoms with E-state index in [4.69, 9.17) is 0 Å². The lowest BCUT2D eigenvalue weighted by Gasteiger charge is -2.34. The summed E-state index contributed by atoms with van der Waals surface area (Å²) in [5.41, 5.74) is 0.536. The number of rotatable bonds is 1. The number of hydrogen-bond donors (Lipinski definition) is 0. The molecule has 1 aliphatic heterocycles. The van der Waals surface area contributed by atoms with E-state index in [1.165, 1.54) is 23.1 Å². The molecule has 0 spiro atoms. The van der Waals surface area contributed by atoms with E-state index < -0.39 is 5.92 Å². The summed E-state index contributed by atoms with van der Waals surface area (Å²) in [4.78, 5) is 1.53. The van der Waals surface area contributed by atoms with Crippen LogP contribution in [0.3, 0.4) is 0 Å². The van der Waals surface area contributed by atoms with Crippen LogP contribution in [0, 0.1) is 5.82 Å². The predicted molar refractivity (Wildman–Crippen MR) is 52.8 cm³/mol. The van der Waals surface area contributed by atoms with Crippen LogP contribution in [-0.4, -0.2) is 19.0 Å². The van der Waals surface area contributed by atoms with Crippen molar-refractivity contribution in [3.8, 4) is 0 Å². The molecule has 1 aromatic rings.